The van der Waals surface area contributed by atoms with Crippen LogP contribution in [0.3, 0.4) is 0 Å². The van der Waals surface area contributed by atoms with E-state index in [-0.39, 0.29) is 0 Å². The van der Waals surface area contributed by atoms with Gasteiger partial charge in [-0.1, -0.05) is 6.07 Å². The van der Waals surface area contributed by atoms with Crippen molar-refractivity contribution in [3.8, 4) is 0 Å². The third kappa shape index (κ3) is 2.78. The average molecular weight is 230 g/mol. The van der Waals surface area contributed by atoms with Crippen molar-refractivity contribution < 1.29 is 0 Å². The first-order valence-electron chi connectivity index (χ1n) is 5.73. The maximum atomic E-state index is 5.76. The van der Waals surface area contributed by atoms with Gasteiger partial charge in [-0.2, -0.15) is 0 Å². The van der Waals surface area contributed by atoms with Crippen molar-refractivity contribution in [3.05, 3.63) is 42.0 Å². The lowest BCUT2D eigenvalue weighted by atomic mass is 10.2. The van der Waals surface area contributed by atoms with Crippen LogP contribution in [0.15, 0.2) is 30.6 Å². The molecular weight excluding hydrogens is 212 g/mol. The van der Waals surface area contributed by atoms with Crippen molar-refractivity contribution in [2.24, 2.45) is 7.05 Å². The fraction of sp³-hybridized carbons (Fsp3) is 0.308. The Morgan fingerprint density at radius 1 is 1.41 bits per heavy atom. The zero-order valence-electron chi connectivity index (χ0n) is 10.3. The largest absolute Gasteiger partial charge is 0.399 e. The van der Waals surface area contributed by atoms with Crippen molar-refractivity contribution in [2.45, 2.75) is 13.3 Å². The van der Waals surface area contributed by atoms with Crippen molar-refractivity contribution >= 4 is 11.4 Å². The molecule has 2 aromatic rings. The fourth-order valence-electron chi connectivity index (χ4n) is 1.78. The first-order chi connectivity index (χ1) is 8.16. The van der Waals surface area contributed by atoms with E-state index >= 15 is 0 Å². The highest BCUT2D eigenvalue weighted by atomic mass is 15.0. The van der Waals surface area contributed by atoms with Gasteiger partial charge in [-0.15, -0.1) is 0 Å². The molecule has 0 atom stereocenters. The molecule has 4 nitrogen and oxygen atoms in total. The lowest BCUT2D eigenvalue weighted by molar-refractivity contribution is 0.789. The third-order valence-corrected chi connectivity index (χ3v) is 2.85. The second-order valence-corrected chi connectivity index (χ2v) is 4.21. The number of hydrogen-bond acceptors (Lipinski definition) is 3. The highest BCUT2D eigenvalue weighted by Gasteiger charge is 2.01. The fourth-order valence-corrected chi connectivity index (χ4v) is 1.78. The smallest absolute Gasteiger partial charge is 0.110 e. The van der Waals surface area contributed by atoms with Gasteiger partial charge in [0.1, 0.15) is 5.82 Å². The summed E-state index contributed by atoms with van der Waals surface area (Å²) in [6, 6.07) is 5.91. The number of hydrogen-bond donors (Lipinski definition) is 2. The van der Waals surface area contributed by atoms with Crippen LogP contribution < -0.4 is 11.1 Å². The SMILES string of the molecule is Cc1ccc(N)cc1NCCc1nccn1C. The molecule has 2 rings (SSSR count). The maximum Gasteiger partial charge on any atom is 0.110 e. The molecule has 0 amide bonds. The summed E-state index contributed by atoms with van der Waals surface area (Å²) in [4.78, 5) is 4.29. The van der Waals surface area contributed by atoms with Gasteiger partial charge >= 0.3 is 0 Å². The van der Waals surface area contributed by atoms with Crippen molar-refractivity contribution in [2.75, 3.05) is 17.6 Å². The molecule has 1 heterocycles. The molecule has 0 saturated carbocycles. The Balaban J connectivity index is 1.94. The van der Waals surface area contributed by atoms with E-state index in [1.807, 2.05) is 42.2 Å². The third-order valence-electron chi connectivity index (χ3n) is 2.85. The van der Waals surface area contributed by atoms with Gasteiger partial charge in [0.15, 0.2) is 0 Å². The van der Waals surface area contributed by atoms with E-state index in [0.717, 1.165) is 30.2 Å². The summed E-state index contributed by atoms with van der Waals surface area (Å²) in [6.07, 6.45) is 4.68. The van der Waals surface area contributed by atoms with Crippen LogP contribution in [0, 0.1) is 6.92 Å². The Labute approximate surface area is 101 Å². The Morgan fingerprint density at radius 3 is 2.94 bits per heavy atom. The van der Waals surface area contributed by atoms with Crippen LogP contribution >= 0.6 is 0 Å². The quantitative estimate of drug-likeness (QED) is 0.789. The summed E-state index contributed by atoms with van der Waals surface area (Å²) in [5, 5.41) is 3.39. The maximum absolute atomic E-state index is 5.76. The number of nitrogens with one attached hydrogen (secondary N) is 1. The van der Waals surface area contributed by atoms with Gasteiger partial charge in [-0.3, -0.25) is 0 Å². The molecule has 0 bridgehead atoms. The molecule has 0 saturated heterocycles. The standard InChI is InChI=1S/C13H18N4/c1-10-3-4-11(14)9-12(10)15-6-5-13-16-7-8-17(13)2/h3-4,7-9,15H,5-6,14H2,1-2H3. The van der Waals surface area contributed by atoms with Crippen molar-refractivity contribution in [1.29, 1.82) is 0 Å². The molecule has 0 unspecified atom stereocenters. The molecule has 4 heteroatoms. The van der Waals surface area contributed by atoms with Gasteiger partial charge in [-0.25, -0.2) is 4.98 Å². The monoisotopic (exact) mass is 230 g/mol. The molecule has 90 valence electrons. The molecule has 0 aliphatic heterocycles. The van der Waals surface area contributed by atoms with Crippen LogP contribution in [0.25, 0.3) is 0 Å². The second kappa shape index (κ2) is 4.91. The van der Waals surface area contributed by atoms with Crippen LogP contribution in [-0.4, -0.2) is 16.1 Å². The summed E-state index contributed by atoms with van der Waals surface area (Å²) < 4.78 is 2.04. The number of benzene rings is 1. The number of nitrogens with zero attached hydrogens (tertiary/aromatic N) is 2. The van der Waals surface area contributed by atoms with E-state index < -0.39 is 0 Å². The summed E-state index contributed by atoms with van der Waals surface area (Å²) in [5.41, 5.74) is 8.85. The van der Waals surface area contributed by atoms with Gasteiger partial charge in [0.05, 0.1) is 0 Å². The molecule has 0 fully saturated rings. The minimum atomic E-state index is 0.787. The van der Waals surface area contributed by atoms with Crippen LogP contribution in [0.2, 0.25) is 0 Å². The molecule has 1 aromatic heterocycles. The van der Waals surface area contributed by atoms with Gasteiger partial charge < -0.3 is 15.6 Å². The number of rotatable bonds is 4. The van der Waals surface area contributed by atoms with Crippen molar-refractivity contribution in [3.63, 3.8) is 0 Å². The summed E-state index contributed by atoms with van der Waals surface area (Å²) >= 11 is 0. The van der Waals surface area contributed by atoms with Crippen molar-refractivity contribution in [1.82, 2.24) is 9.55 Å². The number of aromatic nitrogens is 2. The molecule has 1 aromatic carbocycles. The molecule has 0 aliphatic rings. The Bertz CT molecular complexity index is 502. The summed E-state index contributed by atoms with van der Waals surface area (Å²) in [6.45, 7) is 2.93. The highest BCUT2D eigenvalue weighted by Crippen LogP contribution is 2.17. The van der Waals surface area contributed by atoms with E-state index in [1.165, 1.54) is 5.56 Å². The molecule has 0 spiro atoms. The first kappa shape index (κ1) is 11.5. The van der Waals surface area contributed by atoms with E-state index in [2.05, 4.69) is 17.2 Å². The minimum absolute atomic E-state index is 0.787. The molecule has 17 heavy (non-hydrogen) atoms. The molecular formula is C13H18N4. The lowest BCUT2D eigenvalue weighted by Crippen LogP contribution is -2.09. The van der Waals surface area contributed by atoms with E-state index in [0.29, 0.717) is 0 Å². The molecule has 3 N–H and O–H groups in total. The van der Waals surface area contributed by atoms with Crippen LogP contribution in [0.4, 0.5) is 11.4 Å². The van der Waals surface area contributed by atoms with Crippen LogP contribution in [0.5, 0.6) is 0 Å². The highest BCUT2D eigenvalue weighted by molar-refractivity contribution is 5.59. The minimum Gasteiger partial charge on any atom is -0.399 e. The Hall–Kier alpha value is -1.97. The van der Waals surface area contributed by atoms with E-state index in [1.54, 1.807) is 0 Å². The lowest BCUT2D eigenvalue weighted by Gasteiger charge is -2.10. The Morgan fingerprint density at radius 2 is 2.24 bits per heavy atom. The summed E-state index contributed by atoms with van der Waals surface area (Å²) in [5.74, 6) is 1.08. The number of aryl methyl sites for hydroxylation is 2. The van der Waals surface area contributed by atoms with E-state index in [9.17, 15) is 0 Å². The van der Waals surface area contributed by atoms with E-state index in [4.69, 9.17) is 5.73 Å². The normalized spacial score (nSPS) is 10.5. The topological polar surface area (TPSA) is 55.9 Å². The van der Waals surface area contributed by atoms with Gasteiger partial charge in [-0.05, 0) is 24.6 Å². The number of imidazole rings is 1. The number of nitrogens with two attached hydrogens (primary N) is 1. The zero-order valence-corrected chi connectivity index (χ0v) is 10.3. The molecule has 0 aliphatic carbocycles. The average Bonchev–Trinajstić information content (AvgIpc) is 2.70. The zero-order chi connectivity index (χ0) is 12.3. The van der Waals surface area contributed by atoms with Gasteiger partial charge in [0.25, 0.3) is 0 Å². The predicted molar refractivity (Wildman–Crippen MR) is 71.0 cm³/mol. The van der Waals surface area contributed by atoms with Gasteiger partial charge in [0, 0.05) is 43.8 Å². The Kier molecular flexibility index (Phi) is 3.32. The summed E-state index contributed by atoms with van der Waals surface area (Å²) in [7, 11) is 2.01. The predicted octanol–water partition coefficient (Wildman–Crippen LogP) is 1.97. The molecule has 0 radical (unpaired) electrons. The van der Waals surface area contributed by atoms with Crippen LogP contribution in [0.1, 0.15) is 11.4 Å². The van der Waals surface area contributed by atoms with Gasteiger partial charge in [0.2, 0.25) is 0 Å². The number of nitrogen functional groups attached to an aromatic ring is 1. The second-order valence-electron chi connectivity index (χ2n) is 4.21. The first-order valence-corrected chi connectivity index (χ1v) is 5.73. The van der Waals surface area contributed by atoms with Crippen LogP contribution in [-0.2, 0) is 13.5 Å². The number of anilines is 2.